The molecule has 8 aromatic rings. The lowest BCUT2D eigenvalue weighted by atomic mass is 9.77. The lowest BCUT2D eigenvalue weighted by Crippen LogP contribution is -2.24. The predicted molar refractivity (Wildman–Crippen MR) is 283 cm³/mol. The lowest BCUT2D eigenvalue weighted by molar-refractivity contribution is 0.0975. The minimum atomic E-state index is -0.124. The summed E-state index contributed by atoms with van der Waals surface area (Å²) in [7, 11) is 0. The van der Waals surface area contributed by atoms with Gasteiger partial charge in [-0.3, -0.25) is 9.59 Å². The van der Waals surface area contributed by atoms with E-state index in [0.717, 1.165) is 64.8 Å². The Labute approximate surface area is 410 Å². The molecule has 0 radical (unpaired) electrons. The van der Waals surface area contributed by atoms with E-state index in [0.29, 0.717) is 34.1 Å². The van der Waals surface area contributed by atoms with E-state index in [9.17, 15) is 0 Å². The molecule has 2 nitrogen and oxygen atoms in total. The van der Waals surface area contributed by atoms with Crippen molar-refractivity contribution in [2.75, 3.05) is 0 Å². The van der Waals surface area contributed by atoms with Gasteiger partial charge in [-0.1, -0.05) is 209 Å². The van der Waals surface area contributed by atoms with Crippen LogP contribution in [-0.4, -0.2) is 11.6 Å². The van der Waals surface area contributed by atoms with Gasteiger partial charge in [-0.05, 0) is 141 Å². The molecule has 3 aliphatic rings. The fourth-order valence-corrected chi connectivity index (χ4v) is 12.9. The van der Waals surface area contributed by atoms with Gasteiger partial charge in [0.1, 0.15) is 0 Å². The molecule has 0 unspecified atom stereocenters. The Bertz CT molecular complexity index is 2870. The van der Waals surface area contributed by atoms with Gasteiger partial charge in [-0.25, -0.2) is 0 Å². The van der Waals surface area contributed by atoms with Crippen LogP contribution in [0, 0.1) is 11.8 Å². The molecule has 336 valence electrons. The third-order valence-electron chi connectivity index (χ3n) is 15.0. The maximum absolute atomic E-state index is 15.7. The van der Waals surface area contributed by atoms with Crippen LogP contribution in [0.1, 0.15) is 120 Å². The van der Waals surface area contributed by atoms with Crippen LogP contribution in [0.2, 0.25) is 0 Å². The minimum absolute atomic E-state index is 0.124. The van der Waals surface area contributed by atoms with Gasteiger partial charge >= 0.3 is 0 Å². The van der Waals surface area contributed by atoms with Crippen molar-refractivity contribution in [3.8, 4) is 44.5 Å². The Morgan fingerprint density at radius 3 is 0.971 bits per heavy atom. The predicted octanol–water partition coefficient (Wildman–Crippen LogP) is 18.0. The van der Waals surface area contributed by atoms with Crippen molar-refractivity contribution in [1.82, 2.24) is 0 Å². The van der Waals surface area contributed by atoms with E-state index < -0.39 is 0 Å². The number of hydrogen-bond donors (Lipinski definition) is 0. The molecular weight excluding hydrogens is 865 g/mol. The van der Waals surface area contributed by atoms with Crippen LogP contribution in [0.25, 0.3) is 44.5 Å². The largest absolute Gasteiger partial charge is 0.288 e. The van der Waals surface area contributed by atoms with Crippen LogP contribution in [-0.2, 0) is 0 Å². The fraction of sp³-hybridized carbons (Fsp3) is 0.219. The van der Waals surface area contributed by atoms with Gasteiger partial charge in [0.2, 0.25) is 0 Å². The average molecular weight is 921 g/mol. The van der Waals surface area contributed by atoms with Crippen LogP contribution in [0.4, 0.5) is 0 Å². The van der Waals surface area contributed by atoms with E-state index in [1.807, 2.05) is 60.7 Å². The first-order valence-corrected chi connectivity index (χ1v) is 26.3. The van der Waals surface area contributed by atoms with Crippen molar-refractivity contribution < 1.29 is 9.59 Å². The van der Waals surface area contributed by atoms with Gasteiger partial charge in [0.05, 0.1) is 0 Å². The Balaban J connectivity index is 0.978. The summed E-state index contributed by atoms with van der Waals surface area (Å²) in [5.74, 6) is 2.71. The van der Waals surface area contributed by atoms with Crippen LogP contribution >= 0.6 is 23.5 Å². The number of carbonyl (C=O) groups excluding carboxylic acids is 2. The second-order valence-electron chi connectivity index (χ2n) is 19.5. The standard InChI is InChI=1S/C64H56O2S2/c1-41-13-17-43(18-14-41)45-21-25-47(26-22-45)49-29-33-51(34-30-49)55-37-39-57(67-53-9-5-3-6-10-53)61-59(55)63(65)62-58(68-54-11-7-4-8-12-54)40-38-56(60(62)64(61)66)52-35-31-50(32-36-52)48-27-23-46(24-28-48)44-19-15-42(2)16-20-44/h3-12,21-44H,13-20H2,1-2H3. The highest BCUT2D eigenvalue weighted by molar-refractivity contribution is 7.99. The lowest BCUT2D eigenvalue weighted by Gasteiger charge is -2.27. The summed E-state index contributed by atoms with van der Waals surface area (Å²) in [5, 5.41) is 0. The molecule has 0 N–H and O–H groups in total. The first kappa shape index (κ1) is 44.3. The van der Waals surface area contributed by atoms with Crippen LogP contribution in [0.5, 0.6) is 0 Å². The minimum Gasteiger partial charge on any atom is -0.288 e. The maximum Gasteiger partial charge on any atom is 0.196 e. The first-order chi connectivity index (χ1) is 33.3. The normalized spacial score (nSPS) is 19.0. The Kier molecular flexibility index (Phi) is 12.7. The third-order valence-corrected chi connectivity index (χ3v) is 17.2. The second-order valence-corrected chi connectivity index (χ2v) is 21.8. The Morgan fingerprint density at radius 1 is 0.324 bits per heavy atom. The quantitative estimate of drug-likeness (QED) is 0.137. The first-order valence-electron chi connectivity index (χ1n) is 24.7. The molecule has 68 heavy (non-hydrogen) atoms. The smallest absolute Gasteiger partial charge is 0.196 e. The van der Waals surface area contributed by atoms with Gasteiger partial charge in [0, 0.05) is 41.8 Å². The molecule has 0 amide bonds. The molecule has 0 bridgehead atoms. The number of fused-ring (bicyclic) bond motifs is 2. The zero-order valence-corrected chi connectivity index (χ0v) is 40.6. The second kappa shape index (κ2) is 19.4. The zero-order valence-electron chi connectivity index (χ0n) is 38.9. The van der Waals surface area contributed by atoms with E-state index in [-0.39, 0.29) is 11.6 Å². The molecule has 4 heteroatoms. The third kappa shape index (κ3) is 8.97. The number of hydrogen-bond acceptors (Lipinski definition) is 4. The van der Waals surface area contributed by atoms with Crippen LogP contribution < -0.4 is 0 Å². The summed E-state index contributed by atoms with van der Waals surface area (Å²) < 4.78 is 0. The molecule has 0 saturated heterocycles. The SMILES string of the molecule is CC1CCC(c2ccc(-c3ccc(-c4ccc(Sc5ccccc5)c5c4C(=O)c4c(Sc6ccccc6)ccc(-c6ccc(-c7ccc(C8CCC(C)CC8)cc7)cc6)c4C5=O)cc3)cc2)CC1. The molecule has 0 spiro atoms. The van der Waals surface area contributed by atoms with Crippen molar-refractivity contribution in [1.29, 1.82) is 0 Å². The maximum atomic E-state index is 15.7. The van der Waals surface area contributed by atoms with E-state index in [2.05, 4.69) is 135 Å². The van der Waals surface area contributed by atoms with E-state index in [1.54, 1.807) is 0 Å². The molecule has 0 aromatic heterocycles. The number of benzene rings is 8. The van der Waals surface area contributed by atoms with Gasteiger partial charge in [-0.15, -0.1) is 0 Å². The highest BCUT2D eigenvalue weighted by atomic mass is 32.2. The van der Waals surface area contributed by atoms with Crippen LogP contribution in [0.3, 0.4) is 0 Å². The molecule has 3 aliphatic carbocycles. The highest BCUT2D eigenvalue weighted by Gasteiger charge is 2.38. The molecule has 0 atom stereocenters. The molecule has 2 saturated carbocycles. The van der Waals surface area contributed by atoms with Gasteiger partial charge < -0.3 is 0 Å². The van der Waals surface area contributed by atoms with E-state index in [4.69, 9.17) is 0 Å². The van der Waals surface area contributed by atoms with Crippen molar-refractivity contribution in [3.63, 3.8) is 0 Å². The van der Waals surface area contributed by atoms with Crippen LogP contribution in [0.15, 0.2) is 202 Å². The number of ketones is 2. The van der Waals surface area contributed by atoms with Crippen molar-refractivity contribution in [3.05, 3.63) is 215 Å². The summed E-state index contributed by atoms with van der Waals surface area (Å²) in [4.78, 5) is 35.0. The summed E-state index contributed by atoms with van der Waals surface area (Å²) in [6, 6.07) is 63.8. The molecule has 2 fully saturated rings. The monoisotopic (exact) mass is 920 g/mol. The zero-order chi connectivity index (χ0) is 46.1. The Morgan fingerprint density at radius 2 is 0.632 bits per heavy atom. The fourth-order valence-electron chi connectivity index (χ4n) is 11.0. The summed E-state index contributed by atoms with van der Waals surface area (Å²) in [6.45, 7) is 4.75. The van der Waals surface area contributed by atoms with Crippen molar-refractivity contribution in [2.45, 2.75) is 96.6 Å². The molecule has 8 aromatic carbocycles. The van der Waals surface area contributed by atoms with Crippen molar-refractivity contribution in [2.24, 2.45) is 11.8 Å². The van der Waals surface area contributed by atoms with Gasteiger partial charge in [0.25, 0.3) is 0 Å². The molecule has 11 rings (SSSR count). The number of carbonyl (C=O) groups is 2. The summed E-state index contributed by atoms with van der Waals surface area (Å²) in [6.07, 6.45) is 10.3. The number of rotatable bonds is 10. The van der Waals surface area contributed by atoms with Gasteiger partial charge in [-0.2, -0.15) is 0 Å². The summed E-state index contributed by atoms with van der Waals surface area (Å²) in [5.41, 5.74) is 12.7. The molecular formula is C64H56O2S2. The molecule has 0 aliphatic heterocycles. The topological polar surface area (TPSA) is 34.1 Å². The molecule has 0 heterocycles. The summed E-state index contributed by atoms with van der Waals surface area (Å²) >= 11 is 3.07. The highest BCUT2D eigenvalue weighted by Crippen LogP contribution is 2.48. The van der Waals surface area contributed by atoms with E-state index in [1.165, 1.54) is 97.1 Å². The average Bonchev–Trinajstić information content (AvgIpc) is 3.39. The van der Waals surface area contributed by atoms with Gasteiger partial charge in [0.15, 0.2) is 11.6 Å². The van der Waals surface area contributed by atoms with Crippen molar-refractivity contribution >= 4 is 35.1 Å². The Hall–Kier alpha value is -6.20. The van der Waals surface area contributed by atoms with E-state index >= 15 is 9.59 Å².